The molecule has 1 aromatic carbocycles. The fourth-order valence-corrected chi connectivity index (χ4v) is 3.76. The van der Waals surface area contributed by atoms with Crippen LogP contribution in [0.2, 0.25) is 0 Å². The van der Waals surface area contributed by atoms with Gasteiger partial charge in [-0.25, -0.2) is 14.2 Å². The number of amides is 1. The number of Topliss-reactive ketones (excluding diaryl/α,β-unsaturated/α-hetero) is 1. The Morgan fingerprint density at radius 3 is 2.54 bits per heavy atom. The van der Waals surface area contributed by atoms with Gasteiger partial charge in [0.15, 0.2) is 0 Å². The maximum atomic E-state index is 13.5. The van der Waals surface area contributed by atoms with E-state index in [-0.39, 0.29) is 16.8 Å². The number of aliphatic carboxylic acids is 1. The lowest BCUT2D eigenvalue weighted by atomic mass is 10.1. The molecule has 0 bridgehead atoms. The minimum atomic E-state index is -1.62. The van der Waals surface area contributed by atoms with Gasteiger partial charge in [-0.15, -0.1) is 11.3 Å². The summed E-state index contributed by atoms with van der Waals surface area (Å²) in [4.78, 5) is 40.6. The van der Waals surface area contributed by atoms with E-state index in [1.165, 1.54) is 48.1 Å². The van der Waals surface area contributed by atoms with Gasteiger partial charge in [0, 0.05) is 24.3 Å². The molecule has 3 aromatic rings. The number of rotatable bonds is 5. The Hall–Kier alpha value is -3.33. The van der Waals surface area contributed by atoms with Crippen molar-refractivity contribution in [3.8, 4) is 10.7 Å². The third-order valence-electron chi connectivity index (χ3n) is 4.32. The molecule has 0 spiro atoms. The second-order valence-electron chi connectivity index (χ2n) is 6.15. The molecule has 3 rings (SSSR count). The first-order valence-electron chi connectivity index (χ1n) is 8.16. The molecule has 0 unspecified atom stereocenters. The Bertz CT molecular complexity index is 1100. The predicted octanol–water partition coefficient (Wildman–Crippen LogP) is 3.42. The van der Waals surface area contributed by atoms with Gasteiger partial charge in [-0.1, -0.05) is 0 Å². The topological polar surface area (TPSA) is 101 Å². The molecule has 0 atom stereocenters. The zero-order valence-electron chi connectivity index (χ0n) is 15.2. The van der Waals surface area contributed by atoms with Crippen molar-refractivity contribution in [1.29, 1.82) is 0 Å². The van der Waals surface area contributed by atoms with E-state index in [1.54, 1.807) is 18.5 Å². The summed E-state index contributed by atoms with van der Waals surface area (Å²) in [5.74, 6) is -3.68. The van der Waals surface area contributed by atoms with Crippen LogP contribution < -0.4 is 5.32 Å². The number of nitrogens with zero attached hydrogens (tertiary/aromatic N) is 2. The number of carbonyl (C=O) groups excluding carboxylic acids is 2. The summed E-state index contributed by atoms with van der Waals surface area (Å²) >= 11 is 1.25. The molecule has 2 N–H and O–H groups in total. The minimum Gasteiger partial charge on any atom is -0.475 e. The summed E-state index contributed by atoms with van der Waals surface area (Å²) in [5.41, 5.74) is 1.36. The quantitative estimate of drug-likeness (QED) is 0.504. The lowest BCUT2D eigenvalue weighted by Crippen LogP contribution is -2.17. The van der Waals surface area contributed by atoms with E-state index in [0.717, 1.165) is 0 Å². The highest BCUT2D eigenvalue weighted by Crippen LogP contribution is 2.33. The van der Waals surface area contributed by atoms with Crippen LogP contribution in [-0.4, -0.2) is 32.3 Å². The molecule has 7 nitrogen and oxygen atoms in total. The van der Waals surface area contributed by atoms with E-state index in [4.69, 9.17) is 5.11 Å². The Balaban J connectivity index is 2.14. The van der Waals surface area contributed by atoms with Crippen LogP contribution in [0, 0.1) is 19.7 Å². The molecule has 144 valence electrons. The van der Waals surface area contributed by atoms with Crippen LogP contribution in [0.4, 0.5) is 10.1 Å². The van der Waals surface area contributed by atoms with E-state index < -0.39 is 23.5 Å². The summed E-state index contributed by atoms with van der Waals surface area (Å²) in [6.07, 6.45) is 1.55. The van der Waals surface area contributed by atoms with E-state index in [9.17, 15) is 18.8 Å². The number of hydrogen-bond acceptors (Lipinski definition) is 5. The van der Waals surface area contributed by atoms with Gasteiger partial charge in [0.2, 0.25) is 0 Å². The van der Waals surface area contributed by atoms with Crippen LogP contribution >= 0.6 is 11.3 Å². The highest BCUT2D eigenvalue weighted by Gasteiger charge is 2.31. The average Bonchev–Trinajstić information content (AvgIpc) is 3.23. The number of carbonyl (C=O) groups is 3. The largest absolute Gasteiger partial charge is 0.475 e. The van der Waals surface area contributed by atoms with Crippen molar-refractivity contribution in [2.45, 2.75) is 13.8 Å². The summed E-state index contributed by atoms with van der Waals surface area (Å²) in [5, 5.41) is 14.0. The van der Waals surface area contributed by atoms with Crippen LogP contribution in [0.25, 0.3) is 10.7 Å². The van der Waals surface area contributed by atoms with Crippen molar-refractivity contribution in [3.63, 3.8) is 0 Å². The van der Waals surface area contributed by atoms with Crippen LogP contribution in [0.5, 0.6) is 0 Å². The Morgan fingerprint density at radius 2 is 1.96 bits per heavy atom. The fourth-order valence-electron chi connectivity index (χ4n) is 3.04. The predicted molar refractivity (Wildman–Crippen MR) is 102 cm³/mol. The average molecular weight is 401 g/mol. The number of thiazole rings is 1. The van der Waals surface area contributed by atoms with Gasteiger partial charge in [0.05, 0.1) is 11.3 Å². The van der Waals surface area contributed by atoms with Gasteiger partial charge >= 0.3 is 5.97 Å². The fraction of sp³-hybridized carbons (Fsp3) is 0.158. The molecule has 0 radical (unpaired) electrons. The van der Waals surface area contributed by atoms with Crippen molar-refractivity contribution in [2.75, 3.05) is 5.32 Å². The molecule has 0 saturated heterocycles. The van der Waals surface area contributed by atoms with Crippen molar-refractivity contribution in [2.24, 2.45) is 7.05 Å². The number of carboxylic acids is 1. The molecular formula is C19H16FN3O4S. The summed E-state index contributed by atoms with van der Waals surface area (Å²) < 4.78 is 14.8. The second-order valence-corrected chi connectivity index (χ2v) is 7.04. The molecule has 0 aliphatic carbocycles. The molecule has 0 aliphatic rings. The number of anilines is 1. The standard InChI is InChI=1S/C19H16FN3O4S/c1-9-8-11(4-5-12(9)20)22-17(25)13-10(2)14(16(24)19(26)27)23(3)15(13)18-21-6-7-28-18/h4-8H,1-3H3,(H,22,25)(H,26,27). The number of benzene rings is 1. The summed E-state index contributed by atoms with van der Waals surface area (Å²) in [6.45, 7) is 3.08. The first kappa shape index (κ1) is 19.4. The summed E-state index contributed by atoms with van der Waals surface area (Å²) in [7, 11) is 1.51. The Morgan fingerprint density at radius 1 is 1.25 bits per heavy atom. The number of carboxylic acid groups (broad SMARTS) is 1. The van der Waals surface area contributed by atoms with E-state index in [0.29, 0.717) is 22.0 Å². The maximum Gasteiger partial charge on any atom is 0.378 e. The number of aryl methyl sites for hydroxylation is 1. The third-order valence-corrected chi connectivity index (χ3v) is 5.10. The van der Waals surface area contributed by atoms with E-state index >= 15 is 0 Å². The number of ketones is 1. The van der Waals surface area contributed by atoms with Crippen LogP contribution in [0.3, 0.4) is 0 Å². The second kappa shape index (κ2) is 7.35. The highest BCUT2D eigenvalue weighted by atomic mass is 32.1. The van der Waals surface area contributed by atoms with Gasteiger partial charge < -0.3 is 15.0 Å². The first-order valence-corrected chi connectivity index (χ1v) is 9.04. The number of nitrogens with one attached hydrogen (secondary N) is 1. The molecule has 2 heterocycles. The molecule has 2 aromatic heterocycles. The molecule has 0 saturated carbocycles. The highest BCUT2D eigenvalue weighted by molar-refractivity contribution is 7.13. The van der Waals surface area contributed by atoms with Gasteiger partial charge in [-0.05, 0) is 43.2 Å². The molecule has 0 fully saturated rings. The Kier molecular flexibility index (Phi) is 5.10. The van der Waals surface area contributed by atoms with Crippen molar-refractivity contribution in [1.82, 2.24) is 9.55 Å². The van der Waals surface area contributed by atoms with E-state index in [1.807, 2.05) is 0 Å². The zero-order valence-corrected chi connectivity index (χ0v) is 16.1. The molecule has 0 aliphatic heterocycles. The van der Waals surface area contributed by atoms with Crippen molar-refractivity contribution >= 4 is 34.7 Å². The van der Waals surface area contributed by atoms with Gasteiger partial charge in [-0.2, -0.15) is 0 Å². The minimum absolute atomic E-state index is 0.0989. The SMILES string of the molecule is Cc1cc(NC(=O)c2c(C)c(C(=O)C(=O)O)n(C)c2-c2nccs2)ccc1F. The smallest absolute Gasteiger partial charge is 0.378 e. The molecule has 1 amide bonds. The first-order chi connectivity index (χ1) is 13.2. The van der Waals surface area contributed by atoms with Crippen molar-refractivity contribution in [3.05, 3.63) is 58.0 Å². The lowest BCUT2D eigenvalue weighted by Gasteiger charge is -2.09. The third kappa shape index (κ3) is 3.31. The monoisotopic (exact) mass is 401 g/mol. The molecule has 28 heavy (non-hydrogen) atoms. The molecular weight excluding hydrogens is 385 g/mol. The van der Waals surface area contributed by atoms with Gasteiger partial charge in [-0.3, -0.25) is 9.59 Å². The van der Waals surface area contributed by atoms with Gasteiger partial charge in [0.1, 0.15) is 16.5 Å². The van der Waals surface area contributed by atoms with Crippen molar-refractivity contribution < 1.29 is 23.9 Å². The van der Waals surface area contributed by atoms with Crippen LogP contribution in [0.1, 0.15) is 32.0 Å². The van der Waals surface area contributed by atoms with Crippen LogP contribution in [-0.2, 0) is 11.8 Å². The number of aromatic nitrogens is 2. The van der Waals surface area contributed by atoms with Gasteiger partial charge in [0.25, 0.3) is 11.7 Å². The molecule has 9 heteroatoms. The number of hydrogen-bond donors (Lipinski definition) is 2. The number of halogens is 1. The lowest BCUT2D eigenvalue weighted by molar-refractivity contribution is -0.131. The summed E-state index contributed by atoms with van der Waals surface area (Å²) in [6, 6.07) is 4.15. The van der Waals surface area contributed by atoms with Crippen LogP contribution in [0.15, 0.2) is 29.8 Å². The van der Waals surface area contributed by atoms with E-state index in [2.05, 4.69) is 10.3 Å². The Labute approximate surface area is 163 Å². The zero-order chi connectivity index (χ0) is 20.6. The maximum absolute atomic E-state index is 13.5. The normalized spacial score (nSPS) is 10.7.